The molecular formula is C15H12N4O4S. The Bertz CT molecular complexity index is 1060. The van der Waals surface area contributed by atoms with Gasteiger partial charge in [-0.3, -0.25) is 0 Å². The third-order valence-electron chi connectivity index (χ3n) is 3.22. The van der Waals surface area contributed by atoms with Crippen molar-refractivity contribution in [3.8, 4) is 0 Å². The fourth-order valence-corrected chi connectivity index (χ4v) is 2.98. The first-order chi connectivity index (χ1) is 11.3. The zero-order chi connectivity index (χ0) is 17.3. The number of urea groups is 2. The Morgan fingerprint density at radius 2 is 1.67 bits per heavy atom. The summed E-state index contributed by atoms with van der Waals surface area (Å²) >= 11 is 0. The number of rotatable bonds is 3. The number of carbonyl (C=O) groups excluding carboxylic acids is 2. The van der Waals surface area contributed by atoms with Crippen LogP contribution in [0.4, 0.5) is 15.3 Å². The van der Waals surface area contributed by atoms with E-state index >= 15 is 0 Å². The maximum Gasteiger partial charge on any atom is 0.368 e. The molecule has 8 nitrogen and oxygen atoms in total. The van der Waals surface area contributed by atoms with Gasteiger partial charge in [0.25, 0.3) is 10.0 Å². The summed E-state index contributed by atoms with van der Waals surface area (Å²) < 4.78 is 26.2. The molecule has 1 heterocycles. The Labute approximate surface area is 137 Å². The highest BCUT2D eigenvalue weighted by Crippen LogP contribution is 2.10. The van der Waals surface area contributed by atoms with Gasteiger partial charge in [-0.15, -0.1) is 0 Å². The first-order valence-corrected chi connectivity index (χ1v) is 8.34. The van der Waals surface area contributed by atoms with E-state index in [1.54, 1.807) is 12.1 Å². The van der Waals surface area contributed by atoms with Crippen LogP contribution >= 0.6 is 0 Å². The van der Waals surface area contributed by atoms with E-state index in [1.165, 1.54) is 30.3 Å². The van der Waals surface area contributed by atoms with Gasteiger partial charge in [-0.1, -0.05) is 17.7 Å². The van der Waals surface area contributed by atoms with Crippen molar-refractivity contribution in [1.29, 1.82) is 0 Å². The standard InChI is InChI=1S/C15H12N4O4S/c1-9-2-5-11(6-3-9)24(22,23)19-15(21)16-10-4-7-12-13(8-10)18-14(20)17-12/h2-8H,1H3,(H2,16,19,21). The van der Waals surface area contributed by atoms with Gasteiger partial charge in [0, 0.05) is 5.69 Å². The van der Waals surface area contributed by atoms with Crippen LogP contribution in [0.1, 0.15) is 5.56 Å². The van der Waals surface area contributed by atoms with Crippen molar-refractivity contribution in [2.45, 2.75) is 11.8 Å². The Morgan fingerprint density at radius 3 is 2.38 bits per heavy atom. The second-order valence-corrected chi connectivity index (χ2v) is 6.76. The zero-order valence-electron chi connectivity index (χ0n) is 12.5. The van der Waals surface area contributed by atoms with Crippen LogP contribution in [0.5, 0.6) is 0 Å². The lowest BCUT2D eigenvalue weighted by atomic mass is 10.2. The van der Waals surface area contributed by atoms with Crippen molar-refractivity contribution in [2.75, 3.05) is 5.32 Å². The van der Waals surface area contributed by atoms with Crippen LogP contribution in [0.25, 0.3) is 0 Å². The number of nitrogens with one attached hydrogen (secondary N) is 2. The molecule has 4 amide bonds. The topological polar surface area (TPSA) is 117 Å². The van der Waals surface area contributed by atoms with Gasteiger partial charge >= 0.3 is 12.1 Å². The molecule has 2 N–H and O–H groups in total. The van der Waals surface area contributed by atoms with Crippen LogP contribution in [0.3, 0.4) is 0 Å². The Morgan fingerprint density at radius 1 is 1.00 bits per heavy atom. The minimum Gasteiger partial charge on any atom is -0.307 e. The first kappa shape index (κ1) is 15.8. The first-order valence-electron chi connectivity index (χ1n) is 6.85. The van der Waals surface area contributed by atoms with Crippen LogP contribution in [0, 0.1) is 6.92 Å². The lowest BCUT2D eigenvalue weighted by molar-refractivity contribution is 0.256. The normalized spacial score (nSPS) is 12.8. The highest BCUT2D eigenvalue weighted by molar-refractivity contribution is 7.90. The predicted molar refractivity (Wildman–Crippen MR) is 84.7 cm³/mol. The number of benzene rings is 2. The maximum atomic E-state index is 12.1. The molecule has 0 radical (unpaired) electrons. The van der Waals surface area contributed by atoms with E-state index in [9.17, 15) is 18.0 Å². The molecule has 0 fully saturated rings. The number of aryl methyl sites for hydroxylation is 1. The van der Waals surface area contributed by atoms with E-state index in [2.05, 4.69) is 15.3 Å². The van der Waals surface area contributed by atoms with E-state index in [0.29, 0.717) is 16.4 Å². The molecule has 2 aromatic carbocycles. The molecule has 9 heteroatoms. The lowest BCUT2D eigenvalue weighted by Crippen LogP contribution is -2.35. The summed E-state index contributed by atoms with van der Waals surface area (Å²) in [6, 6.07) is 8.98. The molecule has 0 aliphatic carbocycles. The molecule has 3 rings (SSSR count). The molecule has 0 spiro atoms. The average molecular weight is 344 g/mol. The predicted octanol–water partition coefficient (Wildman–Crippen LogP) is 0.878. The van der Waals surface area contributed by atoms with Gasteiger partial charge < -0.3 is 5.32 Å². The number of nitrogens with zero attached hydrogens (tertiary/aromatic N) is 2. The highest BCUT2D eigenvalue weighted by Gasteiger charge is 2.17. The third kappa shape index (κ3) is 3.30. The molecule has 0 saturated heterocycles. The molecule has 122 valence electrons. The molecule has 0 saturated carbocycles. The van der Waals surface area contributed by atoms with E-state index in [0.717, 1.165) is 5.56 Å². The molecule has 24 heavy (non-hydrogen) atoms. The van der Waals surface area contributed by atoms with E-state index < -0.39 is 22.1 Å². The van der Waals surface area contributed by atoms with Crippen molar-refractivity contribution in [3.63, 3.8) is 0 Å². The average Bonchev–Trinajstić information content (AvgIpc) is 2.86. The van der Waals surface area contributed by atoms with Gasteiger partial charge in [-0.2, -0.15) is 9.98 Å². The van der Waals surface area contributed by atoms with Crippen LogP contribution in [0.2, 0.25) is 0 Å². The second-order valence-electron chi connectivity index (χ2n) is 5.08. The molecule has 0 unspecified atom stereocenters. The van der Waals surface area contributed by atoms with Crippen LogP contribution in [-0.4, -0.2) is 20.5 Å². The number of amides is 4. The second kappa shape index (κ2) is 5.85. The number of sulfonamides is 1. The fourth-order valence-electron chi connectivity index (χ4n) is 2.07. The molecule has 1 aliphatic heterocycles. The smallest absolute Gasteiger partial charge is 0.307 e. The number of anilines is 1. The fraction of sp³-hybridized carbons (Fsp3) is 0.0667. The van der Waals surface area contributed by atoms with Crippen molar-refractivity contribution < 1.29 is 18.0 Å². The number of hydrogen-bond donors (Lipinski definition) is 2. The van der Waals surface area contributed by atoms with Crippen LogP contribution in [-0.2, 0) is 10.0 Å². The molecule has 0 atom stereocenters. The van der Waals surface area contributed by atoms with Crippen molar-refractivity contribution in [1.82, 2.24) is 4.72 Å². The molecule has 2 aromatic rings. The summed E-state index contributed by atoms with van der Waals surface area (Å²) in [5.74, 6) is 0. The summed E-state index contributed by atoms with van der Waals surface area (Å²) in [4.78, 5) is 30.3. The van der Waals surface area contributed by atoms with Gasteiger partial charge in [0.05, 0.1) is 15.6 Å². The quantitative estimate of drug-likeness (QED) is 0.859. The monoisotopic (exact) mass is 344 g/mol. The van der Waals surface area contributed by atoms with Crippen LogP contribution in [0.15, 0.2) is 57.3 Å². The Hall–Kier alpha value is -3.07. The third-order valence-corrected chi connectivity index (χ3v) is 4.57. The van der Waals surface area contributed by atoms with Crippen molar-refractivity contribution in [2.24, 2.45) is 9.98 Å². The minimum atomic E-state index is -3.97. The molecule has 0 aromatic heterocycles. The summed E-state index contributed by atoms with van der Waals surface area (Å²) in [6.07, 6.45) is 0. The zero-order valence-corrected chi connectivity index (χ0v) is 13.3. The SMILES string of the molecule is Cc1ccc(S(=O)(=O)NC(=O)Nc2ccc3c(c2)=NC(=O)N=3)cc1. The van der Waals surface area contributed by atoms with Gasteiger partial charge in [-0.05, 0) is 37.3 Å². The van der Waals surface area contributed by atoms with Gasteiger partial charge in [0.1, 0.15) is 0 Å². The summed E-state index contributed by atoms with van der Waals surface area (Å²) in [6.45, 7) is 1.83. The van der Waals surface area contributed by atoms with Gasteiger partial charge in [0.2, 0.25) is 0 Å². The number of hydrogen-bond acceptors (Lipinski definition) is 4. The maximum absolute atomic E-state index is 12.1. The minimum absolute atomic E-state index is 0.0170. The highest BCUT2D eigenvalue weighted by atomic mass is 32.2. The molecular weight excluding hydrogens is 332 g/mol. The van der Waals surface area contributed by atoms with Gasteiger partial charge in [0.15, 0.2) is 0 Å². The van der Waals surface area contributed by atoms with Gasteiger partial charge in [-0.25, -0.2) is 22.7 Å². The van der Waals surface area contributed by atoms with Crippen LogP contribution < -0.4 is 20.8 Å². The largest absolute Gasteiger partial charge is 0.368 e. The van der Waals surface area contributed by atoms with E-state index in [4.69, 9.17) is 0 Å². The summed E-state index contributed by atoms with van der Waals surface area (Å²) in [5.41, 5.74) is 1.19. The number of fused-ring (bicyclic) bond motifs is 1. The summed E-state index contributed by atoms with van der Waals surface area (Å²) in [5, 5.41) is 3.10. The van der Waals surface area contributed by atoms with E-state index in [1.807, 2.05) is 11.6 Å². The van der Waals surface area contributed by atoms with Crippen molar-refractivity contribution in [3.05, 3.63) is 58.7 Å². The lowest BCUT2D eigenvalue weighted by Gasteiger charge is -2.08. The van der Waals surface area contributed by atoms with Crippen molar-refractivity contribution >= 4 is 27.8 Å². The molecule has 0 bridgehead atoms. The van der Waals surface area contributed by atoms with E-state index in [-0.39, 0.29) is 4.90 Å². The number of carbonyl (C=O) groups is 2. The molecule has 1 aliphatic rings. The Balaban J connectivity index is 1.76. The Kier molecular flexibility index (Phi) is 3.86. The summed E-state index contributed by atoms with van der Waals surface area (Å²) in [7, 11) is -3.97.